The van der Waals surface area contributed by atoms with Gasteiger partial charge in [0.1, 0.15) is 12.1 Å². The third kappa shape index (κ3) is 9.74. The van der Waals surface area contributed by atoms with Crippen molar-refractivity contribution in [3.05, 3.63) is 54.3 Å². The van der Waals surface area contributed by atoms with Gasteiger partial charge in [0.05, 0.1) is 33.1 Å². The summed E-state index contributed by atoms with van der Waals surface area (Å²) in [5.41, 5.74) is -1.17. The van der Waals surface area contributed by atoms with Gasteiger partial charge in [0.15, 0.2) is 28.9 Å². The zero-order chi connectivity index (χ0) is 36.9. The number of ether oxygens (including phenoxy) is 2. The summed E-state index contributed by atoms with van der Waals surface area (Å²) in [4.78, 5) is 80.8. The molecular weight excluding hydrogens is 689 g/mol. The fourth-order valence-corrected chi connectivity index (χ4v) is 4.40. The van der Waals surface area contributed by atoms with Crippen LogP contribution in [0.2, 0.25) is 0 Å². The van der Waals surface area contributed by atoms with E-state index >= 15 is 0 Å². The molecule has 0 unspecified atom stereocenters. The van der Waals surface area contributed by atoms with Gasteiger partial charge in [-0.15, -0.1) is 0 Å². The first-order chi connectivity index (χ1) is 22.1. The molecule has 0 amide bonds. The summed E-state index contributed by atoms with van der Waals surface area (Å²) < 4.78 is 72.6. The van der Waals surface area contributed by atoms with E-state index in [-0.39, 0.29) is 36.3 Å². The zero-order valence-corrected chi connectivity index (χ0v) is 27.7. The first-order valence-corrected chi connectivity index (χ1v) is 15.3. The van der Waals surface area contributed by atoms with Gasteiger partial charge in [-0.2, -0.15) is 21.6 Å². The number of H-pyrrole nitrogens is 1. The van der Waals surface area contributed by atoms with Crippen molar-refractivity contribution in [2.24, 2.45) is 14.1 Å². The maximum atomic E-state index is 12.4. The van der Waals surface area contributed by atoms with Crippen LogP contribution in [0.3, 0.4) is 0 Å². The van der Waals surface area contributed by atoms with Crippen LogP contribution in [-0.4, -0.2) is 91.4 Å². The van der Waals surface area contributed by atoms with Crippen molar-refractivity contribution in [1.82, 2.24) is 37.8 Å². The van der Waals surface area contributed by atoms with Crippen LogP contribution in [0.4, 0.5) is 13.2 Å². The molecule has 23 heteroatoms. The van der Waals surface area contributed by atoms with Gasteiger partial charge >= 0.3 is 29.5 Å². The third-order valence-corrected chi connectivity index (χ3v) is 7.11. The Morgan fingerprint density at radius 3 is 1.73 bits per heavy atom. The van der Waals surface area contributed by atoms with Crippen molar-refractivity contribution in [2.45, 2.75) is 53.0 Å². The lowest BCUT2D eigenvalue weighted by atomic mass is 10.3. The Labute approximate surface area is 275 Å². The first-order valence-electron chi connectivity index (χ1n) is 13.5. The van der Waals surface area contributed by atoms with Crippen molar-refractivity contribution < 1.29 is 44.8 Å². The number of esters is 2. The number of nitrogens with zero attached hydrogens (tertiary/aromatic N) is 7. The van der Waals surface area contributed by atoms with Gasteiger partial charge in [-0.3, -0.25) is 32.5 Å². The van der Waals surface area contributed by atoms with Crippen molar-refractivity contribution in [1.29, 1.82) is 0 Å². The van der Waals surface area contributed by atoms with Gasteiger partial charge in [-0.1, -0.05) is 7.43 Å². The van der Waals surface area contributed by atoms with Crippen molar-refractivity contribution >= 4 is 44.4 Å². The largest absolute Gasteiger partial charge is 0.467 e. The topological polar surface area (TPSA) is 230 Å². The summed E-state index contributed by atoms with van der Waals surface area (Å²) >= 11 is 0. The standard InChI is InChI=1S/C12H16N4O4.C10H12N4O4.C3H5F3O3S.CH4/c1-5-15-10(17)8-9(14(3)12(15)19)13-6-16(8)7(2)11(18)20-4;1-5(9(16)18-3)14-4-11-7-6(14)8(15)12-10(17)13(7)2;1-10(7,8)9-2-3(4,5)6;/h6-7H,5H2,1-4H3;4-5H,1-3H3,(H,12,15,17);2H2,1H3;1H4/t7-;5-;;/m00../s1. The van der Waals surface area contributed by atoms with E-state index in [0.717, 1.165) is 4.57 Å². The number of halogens is 3. The van der Waals surface area contributed by atoms with Gasteiger partial charge in [0, 0.05) is 20.6 Å². The maximum absolute atomic E-state index is 12.4. The van der Waals surface area contributed by atoms with Crippen LogP contribution in [0.15, 0.2) is 31.8 Å². The third-order valence-electron chi connectivity index (χ3n) is 6.56. The Morgan fingerprint density at radius 2 is 1.35 bits per heavy atom. The van der Waals surface area contributed by atoms with Gasteiger partial charge in [0.2, 0.25) is 0 Å². The normalized spacial score (nSPS) is 12.6. The molecule has 0 aliphatic carbocycles. The Kier molecular flexibility index (Phi) is 14.0. The monoisotopic (exact) mass is 726 g/mol. The highest BCUT2D eigenvalue weighted by atomic mass is 32.2. The molecule has 1 N–H and O–H groups in total. The molecule has 49 heavy (non-hydrogen) atoms. The molecule has 0 spiro atoms. The number of aromatic nitrogens is 8. The molecule has 19 nitrogen and oxygen atoms in total. The molecule has 274 valence electrons. The number of carbonyl (C=O) groups excluding carboxylic acids is 2. The fraction of sp³-hybridized carbons (Fsp3) is 0.538. The quantitative estimate of drug-likeness (QED) is 0.195. The predicted octanol–water partition coefficient (Wildman–Crippen LogP) is -0.0311. The molecule has 4 aromatic heterocycles. The number of hydrogen-bond acceptors (Lipinski definition) is 13. The molecule has 4 aromatic rings. The highest BCUT2D eigenvalue weighted by Crippen LogP contribution is 2.16. The number of alkyl halides is 3. The molecule has 2 atom stereocenters. The van der Waals surface area contributed by atoms with Crippen molar-refractivity contribution in [2.75, 3.05) is 27.1 Å². The predicted molar refractivity (Wildman–Crippen MR) is 168 cm³/mol. The lowest BCUT2D eigenvalue weighted by Gasteiger charge is -2.12. The smallest absolute Gasteiger partial charge is 0.413 e. The molecule has 0 bridgehead atoms. The van der Waals surface area contributed by atoms with Gasteiger partial charge in [-0.25, -0.2) is 29.1 Å². The van der Waals surface area contributed by atoms with Crippen LogP contribution >= 0.6 is 0 Å². The molecule has 0 aromatic carbocycles. The Morgan fingerprint density at radius 1 is 0.898 bits per heavy atom. The number of aryl methyl sites for hydroxylation is 2. The lowest BCUT2D eigenvalue weighted by Crippen LogP contribution is -2.39. The maximum Gasteiger partial charge on any atom is 0.413 e. The Balaban J connectivity index is 0.000000384. The minimum Gasteiger partial charge on any atom is -0.467 e. The van der Waals surface area contributed by atoms with Gasteiger partial charge in [0.25, 0.3) is 21.2 Å². The summed E-state index contributed by atoms with van der Waals surface area (Å²) in [6.07, 6.45) is -1.34. The van der Waals surface area contributed by atoms with Crippen molar-refractivity contribution in [3.8, 4) is 0 Å². The molecule has 4 heterocycles. The second-order valence-electron chi connectivity index (χ2n) is 9.84. The minimum atomic E-state index is -4.59. The van der Waals surface area contributed by atoms with Crippen LogP contribution in [0, 0.1) is 0 Å². The van der Waals surface area contributed by atoms with Crippen LogP contribution in [0.5, 0.6) is 0 Å². The first kappa shape index (κ1) is 42.0. The number of hydrogen-bond donors (Lipinski definition) is 1. The van der Waals surface area contributed by atoms with E-state index in [4.69, 9.17) is 0 Å². The molecule has 0 aliphatic heterocycles. The summed E-state index contributed by atoms with van der Waals surface area (Å²) in [6, 6.07) is -1.39. The van der Waals surface area contributed by atoms with Gasteiger partial charge in [-0.05, 0) is 20.8 Å². The lowest BCUT2D eigenvalue weighted by molar-refractivity contribution is -0.152. The number of nitrogens with one attached hydrogen (secondary N) is 1. The summed E-state index contributed by atoms with van der Waals surface area (Å²) in [5, 5.41) is 0. The number of fused-ring (bicyclic) bond motifs is 2. The molecular formula is C26H37F3N8O11S. The second-order valence-corrected chi connectivity index (χ2v) is 11.5. The Hall–Kier alpha value is -5.06. The van der Waals surface area contributed by atoms with E-state index in [1.54, 1.807) is 20.8 Å². The van der Waals surface area contributed by atoms with E-state index in [0.29, 0.717) is 6.26 Å². The molecule has 0 saturated carbocycles. The van der Waals surface area contributed by atoms with E-state index < -0.39 is 69.4 Å². The zero-order valence-electron chi connectivity index (χ0n) is 26.9. The number of rotatable bonds is 7. The highest BCUT2D eigenvalue weighted by molar-refractivity contribution is 7.85. The summed E-state index contributed by atoms with van der Waals surface area (Å²) in [7, 11) is 1.59. The van der Waals surface area contributed by atoms with Crippen LogP contribution in [-0.2, 0) is 54.0 Å². The second kappa shape index (κ2) is 16.4. The van der Waals surface area contributed by atoms with E-state index in [1.807, 2.05) is 0 Å². The molecule has 0 saturated heterocycles. The van der Waals surface area contributed by atoms with E-state index in [2.05, 4.69) is 28.6 Å². The Bertz CT molecular complexity index is 2160. The van der Waals surface area contributed by atoms with Gasteiger partial charge < -0.3 is 18.6 Å². The molecule has 0 fully saturated rings. The number of carbonyl (C=O) groups is 2. The molecule has 0 aliphatic rings. The van der Waals surface area contributed by atoms with E-state index in [9.17, 15) is 50.4 Å². The number of methoxy groups -OCH3 is 2. The summed E-state index contributed by atoms with van der Waals surface area (Å²) in [6.45, 7) is 3.38. The average molecular weight is 727 g/mol. The molecule has 0 radical (unpaired) electrons. The highest BCUT2D eigenvalue weighted by Gasteiger charge is 2.29. The van der Waals surface area contributed by atoms with Crippen LogP contribution < -0.4 is 22.5 Å². The average Bonchev–Trinajstić information content (AvgIpc) is 3.67. The number of imidazole rings is 2. The fourth-order valence-electron chi connectivity index (χ4n) is 4.05. The van der Waals surface area contributed by atoms with E-state index in [1.165, 1.54) is 59.2 Å². The van der Waals surface area contributed by atoms with Crippen LogP contribution in [0.25, 0.3) is 22.3 Å². The SMILES string of the molecule is C.CCn1c(=O)c2c(ncn2[C@@H](C)C(=O)OC)n(C)c1=O.COC(=O)[C@H](C)n1cnc2c1c(=O)[nH]c(=O)n2C.CS(=O)(=O)OCC(F)(F)F. The summed E-state index contributed by atoms with van der Waals surface area (Å²) in [5.74, 6) is -0.983. The van der Waals surface area contributed by atoms with Crippen molar-refractivity contribution in [3.63, 3.8) is 0 Å². The molecule has 4 rings (SSSR count). The van der Waals surface area contributed by atoms with Crippen LogP contribution in [0.1, 0.15) is 40.3 Å². The number of aromatic amines is 1. The minimum absolute atomic E-state index is 0.